The van der Waals surface area contributed by atoms with Gasteiger partial charge in [0, 0.05) is 6.54 Å². The number of carbonyl (C=O) groups excluding carboxylic acids is 1. The molecular formula is C16H16N2O3S. The summed E-state index contributed by atoms with van der Waals surface area (Å²) in [4.78, 5) is 11.6. The van der Waals surface area contributed by atoms with E-state index in [4.69, 9.17) is 0 Å². The van der Waals surface area contributed by atoms with Crippen LogP contribution in [0.15, 0.2) is 47.4 Å². The van der Waals surface area contributed by atoms with Gasteiger partial charge in [0.15, 0.2) is 0 Å². The highest BCUT2D eigenvalue weighted by atomic mass is 32.2. The third-order valence-electron chi connectivity index (χ3n) is 3.66. The van der Waals surface area contributed by atoms with Gasteiger partial charge in [0.1, 0.15) is 0 Å². The van der Waals surface area contributed by atoms with E-state index in [0.717, 1.165) is 16.7 Å². The Labute approximate surface area is 129 Å². The largest absolute Gasteiger partial charge is 0.352 e. The van der Waals surface area contributed by atoms with E-state index in [-0.39, 0.29) is 17.2 Å². The standard InChI is InChI=1S/C16H16N2O3S/c1-11-5-7-13(8-6-11)22(20,21)18-15-4-2-3-12-9-16(19)17-10-14(12)15/h2-8,18H,9-10H2,1H3,(H,17,19). The van der Waals surface area contributed by atoms with E-state index in [1.54, 1.807) is 36.4 Å². The molecule has 0 radical (unpaired) electrons. The molecule has 2 N–H and O–H groups in total. The number of carbonyl (C=O) groups is 1. The van der Waals surface area contributed by atoms with Crippen LogP contribution in [0.2, 0.25) is 0 Å². The molecule has 1 heterocycles. The van der Waals surface area contributed by atoms with Crippen LogP contribution in [0, 0.1) is 6.92 Å². The van der Waals surface area contributed by atoms with Crippen molar-refractivity contribution in [2.24, 2.45) is 0 Å². The summed E-state index contributed by atoms with van der Waals surface area (Å²) in [5, 5.41) is 2.74. The van der Waals surface area contributed by atoms with Crippen LogP contribution in [0.5, 0.6) is 0 Å². The first-order valence-corrected chi connectivity index (χ1v) is 8.41. The predicted molar refractivity (Wildman–Crippen MR) is 84.0 cm³/mol. The van der Waals surface area contributed by atoms with Crippen molar-refractivity contribution in [1.29, 1.82) is 0 Å². The lowest BCUT2D eigenvalue weighted by molar-refractivity contribution is -0.121. The van der Waals surface area contributed by atoms with Gasteiger partial charge in [-0.05, 0) is 36.2 Å². The molecule has 0 saturated heterocycles. The number of anilines is 1. The van der Waals surface area contributed by atoms with Gasteiger partial charge in [-0.25, -0.2) is 8.42 Å². The van der Waals surface area contributed by atoms with E-state index < -0.39 is 10.0 Å². The Kier molecular flexibility index (Phi) is 3.62. The van der Waals surface area contributed by atoms with Gasteiger partial charge in [-0.2, -0.15) is 0 Å². The smallest absolute Gasteiger partial charge is 0.261 e. The summed E-state index contributed by atoms with van der Waals surface area (Å²) in [7, 11) is -3.64. The molecule has 0 aliphatic carbocycles. The number of hydrogen-bond acceptors (Lipinski definition) is 3. The number of nitrogens with one attached hydrogen (secondary N) is 2. The molecule has 0 bridgehead atoms. The fraction of sp³-hybridized carbons (Fsp3) is 0.188. The Hall–Kier alpha value is -2.34. The Bertz CT molecular complexity index is 827. The molecule has 0 aromatic heterocycles. The van der Waals surface area contributed by atoms with Crippen LogP contribution in [0.1, 0.15) is 16.7 Å². The summed E-state index contributed by atoms with van der Waals surface area (Å²) >= 11 is 0. The minimum Gasteiger partial charge on any atom is -0.352 e. The minimum atomic E-state index is -3.64. The van der Waals surface area contributed by atoms with Gasteiger partial charge >= 0.3 is 0 Å². The zero-order valence-electron chi connectivity index (χ0n) is 12.1. The van der Waals surface area contributed by atoms with Crippen molar-refractivity contribution in [2.75, 3.05) is 4.72 Å². The quantitative estimate of drug-likeness (QED) is 0.909. The average molecular weight is 316 g/mol. The van der Waals surface area contributed by atoms with Crippen molar-refractivity contribution in [3.8, 4) is 0 Å². The minimum absolute atomic E-state index is 0.0500. The number of aryl methyl sites for hydroxylation is 1. The molecule has 0 fully saturated rings. The maximum atomic E-state index is 12.5. The molecule has 2 aromatic rings. The average Bonchev–Trinajstić information content (AvgIpc) is 2.47. The SMILES string of the molecule is Cc1ccc(S(=O)(=O)Nc2cccc3c2CNC(=O)C3)cc1. The summed E-state index contributed by atoms with van der Waals surface area (Å²) in [6.07, 6.45) is 0.273. The first-order valence-electron chi connectivity index (χ1n) is 6.93. The second kappa shape index (κ2) is 5.46. The lowest BCUT2D eigenvalue weighted by Crippen LogP contribution is -2.31. The highest BCUT2D eigenvalue weighted by Crippen LogP contribution is 2.25. The Morgan fingerprint density at radius 2 is 1.82 bits per heavy atom. The van der Waals surface area contributed by atoms with Gasteiger partial charge in [-0.3, -0.25) is 9.52 Å². The van der Waals surface area contributed by atoms with E-state index in [9.17, 15) is 13.2 Å². The first kappa shape index (κ1) is 14.6. The number of amides is 1. The van der Waals surface area contributed by atoms with Crippen molar-refractivity contribution in [2.45, 2.75) is 24.8 Å². The molecule has 114 valence electrons. The van der Waals surface area contributed by atoms with Gasteiger partial charge in [0.25, 0.3) is 10.0 Å². The second-order valence-electron chi connectivity index (χ2n) is 5.32. The number of sulfonamides is 1. The molecule has 0 saturated carbocycles. The van der Waals surface area contributed by atoms with E-state index >= 15 is 0 Å². The number of fused-ring (bicyclic) bond motifs is 1. The van der Waals surface area contributed by atoms with Crippen LogP contribution in [0.25, 0.3) is 0 Å². The van der Waals surface area contributed by atoms with Crippen LogP contribution in [0.4, 0.5) is 5.69 Å². The van der Waals surface area contributed by atoms with E-state index in [1.165, 1.54) is 0 Å². The molecule has 6 heteroatoms. The summed E-state index contributed by atoms with van der Waals surface area (Å²) in [6.45, 7) is 2.24. The van der Waals surface area contributed by atoms with E-state index in [2.05, 4.69) is 10.0 Å². The van der Waals surface area contributed by atoms with Crippen molar-refractivity contribution < 1.29 is 13.2 Å². The molecule has 1 amide bonds. The summed E-state index contributed by atoms with van der Waals surface area (Å²) in [6, 6.07) is 12.0. The lowest BCUT2D eigenvalue weighted by Gasteiger charge is -2.20. The van der Waals surface area contributed by atoms with Crippen LogP contribution in [-0.2, 0) is 27.8 Å². The zero-order chi connectivity index (χ0) is 15.7. The van der Waals surface area contributed by atoms with Crippen molar-refractivity contribution in [3.63, 3.8) is 0 Å². The normalized spacial score (nSPS) is 14.1. The van der Waals surface area contributed by atoms with Crippen LogP contribution in [0.3, 0.4) is 0 Å². The molecule has 0 unspecified atom stereocenters. The zero-order valence-corrected chi connectivity index (χ0v) is 12.9. The molecule has 1 aliphatic rings. The molecule has 1 aliphatic heterocycles. The van der Waals surface area contributed by atoms with Crippen LogP contribution < -0.4 is 10.0 Å². The summed E-state index contributed by atoms with van der Waals surface area (Å²) in [5.41, 5.74) is 3.18. The molecule has 0 spiro atoms. The topological polar surface area (TPSA) is 75.3 Å². The fourth-order valence-corrected chi connectivity index (χ4v) is 3.54. The summed E-state index contributed by atoms with van der Waals surface area (Å²) in [5.74, 6) is -0.0500. The van der Waals surface area contributed by atoms with Gasteiger partial charge in [-0.1, -0.05) is 29.8 Å². The lowest BCUT2D eigenvalue weighted by atomic mass is 9.99. The molecule has 0 atom stereocenters. The van der Waals surface area contributed by atoms with Gasteiger partial charge < -0.3 is 5.32 Å². The third-order valence-corrected chi connectivity index (χ3v) is 5.04. The maximum Gasteiger partial charge on any atom is 0.261 e. The van der Waals surface area contributed by atoms with Crippen LogP contribution in [-0.4, -0.2) is 14.3 Å². The Balaban J connectivity index is 1.95. The Morgan fingerprint density at radius 3 is 2.55 bits per heavy atom. The van der Waals surface area contributed by atoms with E-state index in [0.29, 0.717) is 12.2 Å². The van der Waals surface area contributed by atoms with Crippen LogP contribution >= 0.6 is 0 Å². The van der Waals surface area contributed by atoms with Gasteiger partial charge in [0.05, 0.1) is 17.0 Å². The highest BCUT2D eigenvalue weighted by molar-refractivity contribution is 7.92. The first-order chi connectivity index (χ1) is 10.5. The second-order valence-corrected chi connectivity index (χ2v) is 7.00. The number of benzene rings is 2. The number of rotatable bonds is 3. The maximum absolute atomic E-state index is 12.5. The summed E-state index contributed by atoms with van der Waals surface area (Å²) < 4.78 is 27.5. The highest BCUT2D eigenvalue weighted by Gasteiger charge is 2.21. The number of hydrogen-bond donors (Lipinski definition) is 2. The monoisotopic (exact) mass is 316 g/mol. The van der Waals surface area contributed by atoms with Crippen molar-refractivity contribution >= 4 is 21.6 Å². The molecule has 2 aromatic carbocycles. The third kappa shape index (κ3) is 2.82. The predicted octanol–water partition coefficient (Wildman–Crippen LogP) is 1.97. The van der Waals surface area contributed by atoms with E-state index in [1.807, 2.05) is 13.0 Å². The molecule has 5 nitrogen and oxygen atoms in total. The fourth-order valence-electron chi connectivity index (χ4n) is 2.45. The van der Waals surface area contributed by atoms with Crippen molar-refractivity contribution in [3.05, 3.63) is 59.2 Å². The van der Waals surface area contributed by atoms with Crippen molar-refractivity contribution in [1.82, 2.24) is 5.32 Å². The molecular weight excluding hydrogens is 300 g/mol. The molecule has 22 heavy (non-hydrogen) atoms. The van der Waals surface area contributed by atoms with Gasteiger partial charge in [-0.15, -0.1) is 0 Å². The Morgan fingerprint density at radius 1 is 1.09 bits per heavy atom. The van der Waals surface area contributed by atoms with Gasteiger partial charge in [0.2, 0.25) is 5.91 Å². The molecule has 3 rings (SSSR count).